The number of hydrogen-bond donors (Lipinski definition) is 1. The molecule has 0 saturated heterocycles. The first-order chi connectivity index (χ1) is 16.2. The van der Waals surface area contributed by atoms with Crippen LogP contribution in [0.5, 0.6) is 11.5 Å². The summed E-state index contributed by atoms with van der Waals surface area (Å²) in [5.41, 5.74) is 3.92. The summed E-state index contributed by atoms with van der Waals surface area (Å²) in [5.74, 6) is 1.33. The molecule has 34 heavy (non-hydrogen) atoms. The normalized spacial score (nSPS) is 11.3. The van der Waals surface area contributed by atoms with E-state index in [0.717, 1.165) is 11.1 Å². The smallest absolute Gasteiger partial charge is 0.265 e. The summed E-state index contributed by atoms with van der Waals surface area (Å²) in [5, 5.41) is 13.0. The van der Waals surface area contributed by atoms with Gasteiger partial charge in [-0.2, -0.15) is 5.10 Å². The van der Waals surface area contributed by atoms with Gasteiger partial charge in [-0.05, 0) is 45.0 Å². The maximum absolute atomic E-state index is 13.2. The number of nitrogens with zero attached hydrogens (tertiary/aromatic N) is 4. The van der Waals surface area contributed by atoms with Gasteiger partial charge in [0.05, 0.1) is 37.0 Å². The van der Waals surface area contributed by atoms with Crippen molar-refractivity contribution in [2.75, 3.05) is 18.9 Å². The highest BCUT2D eigenvalue weighted by Crippen LogP contribution is 2.32. The van der Waals surface area contributed by atoms with Crippen LogP contribution in [0.4, 0.5) is 5.69 Å². The van der Waals surface area contributed by atoms with Gasteiger partial charge < -0.3 is 9.47 Å². The molecule has 0 aliphatic rings. The third-order valence-electron chi connectivity index (χ3n) is 5.34. The maximum atomic E-state index is 13.2. The van der Waals surface area contributed by atoms with E-state index in [9.17, 15) is 8.42 Å². The van der Waals surface area contributed by atoms with E-state index >= 15 is 0 Å². The summed E-state index contributed by atoms with van der Waals surface area (Å²) in [6.45, 7) is 5.34. The molecule has 10 heteroatoms. The molecule has 0 unspecified atom stereocenters. The minimum atomic E-state index is -3.94. The van der Waals surface area contributed by atoms with Crippen molar-refractivity contribution < 1.29 is 17.9 Å². The van der Waals surface area contributed by atoms with E-state index in [4.69, 9.17) is 9.47 Å². The Bertz CT molecular complexity index is 1430. The molecule has 0 aliphatic carbocycles. The van der Waals surface area contributed by atoms with E-state index in [1.54, 1.807) is 38.1 Å². The predicted octanol–water partition coefficient (Wildman–Crippen LogP) is 4.07. The quantitative estimate of drug-likeness (QED) is 0.426. The highest BCUT2D eigenvalue weighted by molar-refractivity contribution is 7.92. The van der Waals surface area contributed by atoms with Gasteiger partial charge in [-0.25, -0.2) is 13.1 Å². The number of nitrogens with one attached hydrogen (secondary N) is 1. The molecular formula is C24H25N5O4S. The van der Waals surface area contributed by atoms with Gasteiger partial charge >= 0.3 is 0 Å². The lowest BCUT2D eigenvalue weighted by atomic mass is 10.1. The first-order valence-corrected chi connectivity index (χ1v) is 11.9. The monoisotopic (exact) mass is 479 g/mol. The van der Waals surface area contributed by atoms with Crippen LogP contribution in [0.1, 0.15) is 17.0 Å². The molecule has 0 fully saturated rings. The molecule has 0 bridgehead atoms. The molecule has 0 spiro atoms. The second-order valence-electron chi connectivity index (χ2n) is 7.73. The van der Waals surface area contributed by atoms with E-state index in [0.29, 0.717) is 40.1 Å². The van der Waals surface area contributed by atoms with Crippen LogP contribution >= 0.6 is 0 Å². The maximum Gasteiger partial charge on any atom is 0.265 e. The number of benzene rings is 2. The van der Waals surface area contributed by atoms with Crippen molar-refractivity contribution in [2.45, 2.75) is 25.7 Å². The van der Waals surface area contributed by atoms with Crippen molar-refractivity contribution >= 4 is 15.7 Å². The Morgan fingerprint density at radius 1 is 0.853 bits per heavy atom. The Morgan fingerprint density at radius 3 is 2.18 bits per heavy atom. The Morgan fingerprint density at radius 2 is 1.56 bits per heavy atom. The summed E-state index contributed by atoms with van der Waals surface area (Å²) in [4.78, 5) is 0.0756. The zero-order valence-corrected chi connectivity index (χ0v) is 20.3. The molecule has 4 rings (SSSR count). The van der Waals surface area contributed by atoms with Gasteiger partial charge in [0.2, 0.25) is 0 Å². The van der Waals surface area contributed by atoms with Crippen molar-refractivity contribution in [3.05, 3.63) is 71.5 Å². The molecule has 9 nitrogen and oxygen atoms in total. The number of methoxy groups -OCH3 is 2. The standard InChI is InChI=1S/C24H25N5O4S/c1-15-6-8-18(9-7-15)20-11-13-23(26-25-20)29-17(3)24(16(2)27-29)34(30,31)28-19-10-12-21(32-4)22(14-19)33-5/h6-14,28H,1-5H3. The molecule has 2 aromatic heterocycles. The fourth-order valence-electron chi connectivity index (χ4n) is 3.66. The second-order valence-corrected chi connectivity index (χ2v) is 9.35. The number of aromatic nitrogens is 4. The fraction of sp³-hybridized carbons (Fsp3) is 0.208. The summed E-state index contributed by atoms with van der Waals surface area (Å²) in [6.07, 6.45) is 0. The number of sulfonamides is 1. The minimum Gasteiger partial charge on any atom is -0.493 e. The average Bonchev–Trinajstić information content (AvgIpc) is 3.14. The predicted molar refractivity (Wildman–Crippen MR) is 129 cm³/mol. The molecule has 2 heterocycles. The number of rotatable bonds is 7. The number of ether oxygens (including phenoxy) is 2. The van der Waals surface area contributed by atoms with Gasteiger partial charge in [0.15, 0.2) is 17.3 Å². The molecule has 1 N–H and O–H groups in total. The van der Waals surface area contributed by atoms with E-state index in [1.165, 1.54) is 18.9 Å². The van der Waals surface area contributed by atoms with Crippen LogP contribution in [-0.4, -0.2) is 42.6 Å². The molecule has 176 valence electrons. The fourth-order valence-corrected chi connectivity index (χ4v) is 5.11. The number of anilines is 1. The minimum absolute atomic E-state index is 0.0756. The van der Waals surface area contributed by atoms with Crippen molar-refractivity contribution in [1.82, 2.24) is 20.0 Å². The topological polar surface area (TPSA) is 108 Å². The van der Waals surface area contributed by atoms with Crippen LogP contribution < -0.4 is 14.2 Å². The van der Waals surface area contributed by atoms with Gasteiger partial charge in [-0.1, -0.05) is 29.8 Å². The van der Waals surface area contributed by atoms with Gasteiger partial charge in [-0.3, -0.25) is 4.72 Å². The van der Waals surface area contributed by atoms with Gasteiger partial charge in [0.1, 0.15) is 4.90 Å². The van der Waals surface area contributed by atoms with Gasteiger partial charge in [0.25, 0.3) is 10.0 Å². The van der Waals surface area contributed by atoms with E-state index in [2.05, 4.69) is 20.0 Å². The lowest BCUT2D eigenvalue weighted by Crippen LogP contribution is -2.15. The van der Waals surface area contributed by atoms with Gasteiger partial charge in [0, 0.05) is 11.6 Å². The highest BCUT2D eigenvalue weighted by atomic mass is 32.2. The molecule has 0 saturated carbocycles. The average molecular weight is 480 g/mol. The summed E-state index contributed by atoms with van der Waals surface area (Å²) in [6, 6.07) is 16.4. The van der Waals surface area contributed by atoms with Gasteiger partial charge in [-0.15, -0.1) is 10.2 Å². The van der Waals surface area contributed by atoms with E-state index < -0.39 is 10.0 Å². The highest BCUT2D eigenvalue weighted by Gasteiger charge is 2.26. The molecular weight excluding hydrogens is 454 g/mol. The van der Waals surface area contributed by atoms with E-state index in [-0.39, 0.29) is 4.90 Å². The van der Waals surface area contributed by atoms with E-state index in [1.807, 2.05) is 37.3 Å². The zero-order valence-electron chi connectivity index (χ0n) is 19.5. The third kappa shape index (κ3) is 4.44. The first-order valence-electron chi connectivity index (χ1n) is 10.5. The Hall–Kier alpha value is -3.92. The van der Waals surface area contributed by atoms with Crippen LogP contribution in [-0.2, 0) is 10.0 Å². The second kappa shape index (κ2) is 9.14. The molecule has 0 aliphatic heterocycles. The lowest BCUT2D eigenvalue weighted by molar-refractivity contribution is 0.355. The summed E-state index contributed by atoms with van der Waals surface area (Å²) in [7, 11) is -0.941. The largest absolute Gasteiger partial charge is 0.493 e. The Kier molecular flexibility index (Phi) is 6.25. The first kappa shape index (κ1) is 23.2. The molecule has 0 atom stereocenters. The van der Waals surface area contributed by atoms with Crippen molar-refractivity contribution in [3.8, 4) is 28.6 Å². The van der Waals surface area contributed by atoms with Crippen molar-refractivity contribution in [3.63, 3.8) is 0 Å². The summed E-state index contributed by atoms with van der Waals surface area (Å²) < 4.78 is 41.0. The lowest BCUT2D eigenvalue weighted by Gasteiger charge is -2.12. The van der Waals surface area contributed by atoms with Crippen molar-refractivity contribution in [2.24, 2.45) is 0 Å². The van der Waals surface area contributed by atoms with Crippen LogP contribution in [0.25, 0.3) is 17.1 Å². The van der Waals surface area contributed by atoms with Crippen molar-refractivity contribution in [1.29, 1.82) is 0 Å². The number of aryl methyl sites for hydroxylation is 2. The van der Waals surface area contributed by atoms with Crippen LogP contribution in [0, 0.1) is 20.8 Å². The molecule has 2 aromatic carbocycles. The summed E-state index contributed by atoms with van der Waals surface area (Å²) >= 11 is 0. The number of hydrogen-bond acceptors (Lipinski definition) is 7. The van der Waals surface area contributed by atoms with Crippen LogP contribution in [0.15, 0.2) is 59.5 Å². The molecule has 0 radical (unpaired) electrons. The zero-order chi connectivity index (χ0) is 24.5. The molecule has 4 aromatic rings. The van der Waals surface area contributed by atoms with Crippen LogP contribution in [0.2, 0.25) is 0 Å². The third-order valence-corrected chi connectivity index (χ3v) is 6.98. The SMILES string of the molecule is COc1ccc(NS(=O)(=O)c2c(C)nn(-c3ccc(-c4ccc(C)cc4)nn3)c2C)cc1OC. The molecule has 0 amide bonds. The Labute approximate surface area is 198 Å². The van der Waals surface area contributed by atoms with Crippen LogP contribution in [0.3, 0.4) is 0 Å². The Balaban J connectivity index is 1.65.